The highest BCUT2D eigenvalue weighted by Gasteiger charge is 2.36. The van der Waals surface area contributed by atoms with Crippen molar-refractivity contribution in [1.29, 1.82) is 0 Å². The maximum atomic E-state index is 12.8. The van der Waals surface area contributed by atoms with E-state index >= 15 is 0 Å². The molecule has 0 bridgehead atoms. The van der Waals surface area contributed by atoms with Crippen molar-refractivity contribution < 1.29 is 17.9 Å². The molecule has 3 nitrogen and oxygen atoms in total. The molecule has 106 valence electrons. The molecule has 0 spiro atoms. The van der Waals surface area contributed by atoms with E-state index in [9.17, 15) is 13.2 Å². The Morgan fingerprint density at radius 3 is 2.74 bits per heavy atom. The predicted molar refractivity (Wildman–Crippen MR) is 65.0 cm³/mol. The number of likely N-dealkylation sites (N-methyl/N-ethyl adjacent to an activating group) is 1. The Bertz CT molecular complexity index is 423. The summed E-state index contributed by atoms with van der Waals surface area (Å²) in [6, 6.07) is 2.35. The largest absolute Gasteiger partial charge is 0.472 e. The van der Waals surface area contributed by atoms with Crippen molar-refractivity contribution in [2.24, 2.45) is 0 Å². The topological polar surface area (TPSA) is 34.1 Å². The zero-order valence-electron chi connectivity index (χ0n) is 10.7. The van der Waals surface area contributed by atoms with E-state index < -0.39 is 11.7 Å². The van der Waals surface area contributed by atoms with E-state index in [-0.39, 0.29) is 18.0 Å². The Balaban J connectivity index is 2.18. The van der Waals surface area contributed by atoms with Crippen LogP contribution in [0.2, 0.25) is 0 Å². The van der Waals surface area contributed by atoms with Gasteiger partial charge in [0, 0.05) is 12.2 Å². The molecule has 1 saturated carbocycles. The van der Waals surface area contributed by atoms with Gasteiger partial charge in [-0.05, 0) is 38.4 Å². The normalized spacial score (nSPS) is 24.2. The zero-order valence-corrected chi connectivity index (χ0v) is 10.7. The molecular formula is C13H17F3N2O. The molecule has 0 radical (unpaired) electrons. The molecule has 0 saturated heterocycles. The molecule has 2 unspecified atom stereocenters. The van der Waals surface area contributed by atoms with E-state index in [2.05, 4.69) is 10.3 Å². The van der Waals surface area contributed by atoms with Crippen LogP contribution in [0.5, 0.6) is 5.88 Å². The second-order valence-electron chi connectivity index (χ2n) is 4.69. The lowest BCUT2D eigenvalue weighted by Crippen LogP contribution is -2.43. The fourth-order valence-corrected chi connectivity index (χ4v) is 2.41. The van der Waals surface area contributed by atoms with Crippen molar-refractivity contribution in [3.63, 3.8) is 0 Å². The molecule has 2 atom stereocenters. The standard InChI is InChI=1S/C13H17F3N2O/c1-17-10-6-2-3-7-11(10)19-12-9(13(14,15)16)5-4-8-18-12/h4-5,8,10-11,17H,2-3,6-7H2,1H3. The van der Waals surface area contributed by atoms with E-state index in [0.29, 0.717) is 0 Å². The van der Waals surface area contributed by atoms with Crippen molar-refractivity contribution in [2.45, 2.75) is 44.0 Å². The summed E-state index contributed by atoms with van der Waals surface area (Å²) in [5.74, 6) is -0.317. The summed E-state index contributed by atoms with van der Waals surface area (Å²) in [7, 11) is 1.80. The van der Waals surface area contributed by atoms with Gasteiger partial charge in [0.1, 0.15) is 11.7 Å². The average molecular weight is 274 g/mol. The number of hydrogen-bond acceptors (Lipinski definition) is 3. The monoisotopic (exact) mass is 274 g/mol. The van der Waals surface area contributed by atoms with Crippen molar-refractivity contribution in [1.82, 2.24) is 10.3 Å². The third-order valence-corrected chi connectivity index (χ3v) is 3.41. The average Bonchev–Trinajstić information content (AvgIpc) is 2.39. The third-order valence-electron chi connectivity index (χ3n) is 3.41. The van der Waals surface area contributed by atoms with Crippen LogP contribution < -0.4 is 10.1 Å². The molecule has 1 heterocycles. The van der Waals surface area contributed by atoms with Crippen molar-refractivity contribution in [3.8, 4) is 5.88 Å². The van der Waals surface area contributed by atoms with Gasteiger partial charge in [-0.2, -0.15) is 13.2 Å². The number of pyridine rings is 1. The molecule has 1 fully saturated rings. The van der Waals surface area contributed by atoms with Crippen LogP contribution in [0.3, 0.4) is 0 Å². The first-order chi connectivity index (χ1) is 9.02. The quantitative estimate of drug-likeness (QED) is 0.920. The van der Waals surface area contributed by atoms with Gasteiger partial charge in [-0.3, -0.25) is 0 Å². The minimum atomic E-state index is -4.44. The molecule has 0 aliphatic heterocycles. The number of alkyl halides is 3. The zero-order chi connectivity index (χ0) is 13.9. The van der Waals surface area contributed by atoms with Gasteiger partial charge in [0.05, 0.1) is 0 Å². The fraction of sp³-hybridized carbons (Fsp3) is 0.615. The van der Waals surface area contributed by atoms with Crippen LogP contribution in [-0.4, -0.2) is 24.2 Å². The lowest BCUT2D eigenvalue weighted by Gasteiger charge is -2.31. The van der Waals surface area contributed by atoms with Gasteiger partial charge in [0.2, 0.25) is 5.88 Å². The first-order valence-corrected chi connectivity index (χ1v) is 6.38. The Morgan fingerprint density at radius 2 is 2.05 bits per heavy atom. The highest BCUT2D eigenvalue weighted by molar-refractivity contribution is 5.28. The summed E-state index contributed by atoms with van der Waals surface area (Å²) >= 11 is 0. The van der Waals surface area contributed by atoms with Crippen LogP contribution in [0.15, 0.2) is 18.3 Å². The number of aromatic nitrogens is 1. The Morgan fingerprint density at radius 1 is 1.32 bits per heavy atom. The molecule has 6 heteroatoms. The molecule has 1 aliphatic carbocycles. The van der Waals surface area contributed by atoms with Crippen LogP contribution >= 0.6 is 0 Å². The number of halogens is 3. The highest BCUT2D eigenvalue weighted by atomic mass is 19.4. The number of ether oxygens (including phenoxy) is 1. The summed E-state index contributed by atoms with van der Waals surface area (Å²) in [6.45, 7) is 0. The van der Waals surface area contributed by atoms with Gasteiger partial charge >= 0.3 is 6.18 Å². The Kier molecular flexibility index (Phi) is 4.29. The minimum absolute atomic E-state index is 0.0804. The molecule has 1 aromatic heterocycles. The second-order valence-corrected chi connectivity index (χ2v) is 4.69. The maximum absolute atomic E-state index is 12.8. The van der Waals surface area contributed by atoms with E-state index in [0.717, 1.165) is 31.7 Å². The number of nitrogens with zero attached hydrogens (tertiary/aromatic N) is 1. The minimum Gasteiger partial charge on any atom is -0.472 e. The van der Waals surface area contributed by atoms with E-state index in [4.69, 9.17) is 4.74 Å². The number of hydrogen-bond donors (Lipinski definition) is 1. The second kappa shape index (κ2) is 5.77. The highest BCUT2D eigenvalue weighted by Crippen LogP contribution is 2.36. The van der Waals surface area contributed by atoms with Crippen LogP contribution in [0.4, 0.5) is 13.2 Å². The summed E-state index contributed by atoms with van der Waals surface area (Å²) in [5, 5.41) is 3.10. The first-order valence-electron chi connectivity index (χ1n) is 6.38. The van der Waals surface area contributed by atoms with Crippen LogP contribution in [0, 0.1) is 0 Å². The van der Waals surface area contributed by atoms with E-state index in [1.807, 2.05) is 0 Å². The van der Waals surface area contributed by atoms with E-state index in [1.165, 1.54) is 12.3 Å². The van der Waals surface area contributed by atoms with Gasteiger partial charge in [0.25, 0.3) is 0 Å². The number of nitrogens with one attached hydrogen (secondary N) is 1. The summed E-state index contributed by atoms with van der Waals surface area (Å²) in [5.41, 5.74) is -0.810. The van der Waals surface area contributed by atoms with E-state index in [1.54, 1.807) is 7.05 Å². The van der Waals surface area contributed by atoms with Gasteiger partial charge in [-0.25, -0.2) is 4.98 Å². The predicted octanol–water partition coefficient (Wildman–Crippen LogP) is 3.01. The molecule has 1 aliphatic rings. The molecule has 19 heavy (non-hydrogen) atoms. The van der Waals surface area contributed by atoms with Crippen molar-refractivity contribution in [2.75, 3.05) is 7.05 Å². The summed E-state index contributed by atoms with van der Waals surface area (Å²) in [4.78, 5) is 3.74. The maximum Gasteiger partial charge on any atom is 0.421 e. The Hall–Kier alpha value is -1.30. The Labute approximate surface area is 110 Å². The number of rotatable bonds is 3. The van der Waals surface area contributed by atoms with Gasteiger partial charge < -0.3 is 10.1 Å². The van der Waals surface area contributed by atoms with Crippen molar-refractivity contribution >= 4 is 0 Å². The third kappa shape index (κ3) is 3.37. The molecule has 2 rings (SSSR count). The van der Waals surface area contributed by atoms with Gasteiger partial charge in [-0.15, -0.1) is 0 Å². The summed E-state index contributed by atoms with van der Waals surface area (Å²) in [6.07, 6.45) is 0.329. The fourth-order valence-electron chi connectivity index (χ4n) is 2.41. The smallest absolute Gasteiger partial charge is 0.421 e. The molecule has 0 aromatic carbocycles. The van der Waals surface area contributed by atoms with Gasteiger partial charge in [-0.1, -0.05) is 6.42 Å². The molecule has 1 N–H and O–H groups in total. The lowest BCUT2D eigenvalue weighted by atomic mass is 9.92. The first kappa shape index (κ1) is 14.1. The molecular weight excluding hydrogens is 257 g/mol. The summed E-state index contributed by atoms with van der Waals surface area (Å²) < 4.78 is 44.1. The molecule has 0 amide bonds. The lowest BCUT2D eigenvalue weighted by molar-refractivity contribution is -0.139. The van der Waals surface area contributed by atoms with Gasteiger partial charge in [0.15, 0.2) is 0 Å². The SMILES string of the molecule is CNC1CCCCC1Oc1ncccc1C(F)(F)F. The van der Waals surface area contributed by atoms with Crippen molar-refractivity contribution in [3.05, 3.63) is 23.9 Å². The van der Waals surface area contributed by atoms with Crippen LogP contribution in [0.1, 0.15) is 31.2 Å². The van der Waals surface area contributed by atoms with Crippen LogP contribution in [-0.2, 0) is 6.18 Å². The molecule has 1 aromatic rings. The van der Waals surface area contributed by atoms with Crippen LogP contribution in [0.25, 0.3) is 0 Å².